The van der Waals surface area contributed by atoms with Crippen LogP contribution in [0.5, 0.6) is 0 Å². The van der Waals surface area contributed by atoms with Crippen LogP contribution in [0.3, 0.4) is 0 Å². The van der Waals surface area contributed by atoms with E-state index in [0.717, 1.165) is 35.4 Å². The highest BCUT2D eigenvalue weighted by atomic mass is 19.1. The van der Waals surface area contributed by atoms with E-state index in [1.54, 1.807) is 35.2 Å². The molecule has 10 nitrogen and oxygen atoms in total. The third-order valence-electron chi connectivity index (χ3n) is 7.44. The van der Waals surface area contributed by atoms with Gasteiger partial charge >= 0.3 is 12.1 Å². The number of fused-ring (bicyclic) bond motifs is 2. The zero-order valence-corrected chi connectivity index (χ0v) is 21.1. The maximum absolute atomic E-state index is 13.6. The number of halogens is 1. The van der Waals surface area contributed by atoms with Gasteiger partial charge in [0.15, 0.2) is 0 Å². The van der Waals surface area contributed by atoms with Crippen LogP contribution in [0.2, 0.25) is 0 Å². The van der Waals surface area contributed by atoms with Gasteiger partial charge in [0.05, 0.1) is 0 Å². The molecule has 2 aromatic rings. The van der Waals surface area contributed by atoms with Gasteiger partial charge in [0.2, 0.25) is 11.5 Å². The second-order valence-corrected chi connectivity index (χ2v) is 9.81. The van der Waals surface area contributed by atoms with E-state index >= 15 is 0 Å². The highest BCUT2D eigenvalue weighted by molar-refractivity contribution is 6.06. The first-order valence-electron chi connectivity index (χ1n) is 12.7. The number of rotatable bonds is 6. The van der Waals surface area contributed by atoms with Crippen molar-refractivity contribution in [2.75, 3.05) is 32.0 Å². The molecule has 5 amide bonds. The molecule has 2 fully saturated rings. The number of amides is 5. The molecule has 200 valence electrons. The Kier molecular flexibility index (Phi) is 7.02. The number of nitrogens with zero attached hydrogens (tertiary/aromatic N) is 2. The van der Waals surface area contributed by atoms with Gasteiger partial charge in [0.1, 0.15) is 12.4 Å². The Morgan fingerprint density at radius 3 is 2.71 bits per heavy atom. The van der Waals surface area contributed by atoms with E-state index in [4.69, 9.17) is 4.74 Å². The number of piperidine rings is 1. The van der Waals surface area contributed by atoms with Crippen molar-refractivity contribution >= 4 is 29.6 Å². The number of carbonyl (C=O) groups is 4. The Balaban J connectivity index is 1.35. The van der Waals surface area contributed by atoms with Gasteiger partial charge in [0.25, 0.3) is 5.91 Å². The lowest BCUT2D eigenvalue weighted by atomic mass is 9.94. The zero-order chi connectivity index (χ0) is 26.9. The van der Waals surface area contributed by atoms with Gasteiger partial charge in [-0.15, -0.1) is 0 Å². The number of hydrogen-bond donors (Lipinski definition) is 3. The van der Waals surface area contributed by atoms with E-state index in [1.165, 1.54) is 19.2 Å². The van der Waals surface area contributed by atoms with Crippen molar-refractivity contribution < 1.29 is 28.3 Å². The van der Waals surface area contributed by atoms with Crippen molar-refractivity contribution in [3.05, 3.63) is 65.0 Å². The molecule has 11 heteroatoms. The third-order valence-corrected chi connectivity index (χ3v) is 7.44. The van der Waals surface area contributed by atoms with E-state index in [2.05, 4.69) is 16.0 Å². The van der Waals surface area contributed by atoms with E-state index in [-0.39, 0.29) is 36.8 Å². The second-order valence-electron chi connectivity index (χ2n) is 9.81. The number of hydrogen-bond acceptors (Lipinski definition) is 6. The van der Waals surface area contributed by atoms with Crippen LogP contribution in [0.4, 0.5) is 19.7 Å². The lowest BCUT2D eigenvalue weighted by molar-refractivity contribution is -0.143. The summed E-state index contributed by atoms with van der Waals surface area (Å²) < 4.78 is 19.1. The molecule has 2 saturated heterocycles. The van der Waals surface area contributed by atoms with Gasteiger partial charge in [-0.2, -0.15) is 0 Å². The Morgan fingerprint density at radius 1 is 1.21 bits per heavy atom. The molecule has 0 radical (unpaired) electrons. The summed E-state index contributed by atoms with van der Waals surface area (Å²) in [7, 11) is 1.51. The van der Waals surface area contributed by atoms with E-state index in [0.29, 0.717) is 24.2 Å². The molecule has 38 heavy (non-hydrogen) atoms. The van der Waals surface area contributed by atoms with Gasteiger partial charge < -0.3 is 25.6 Å². The van der Waals surface area contributed by atoms with Gasteiger partial charge in [0, 0.05) is 43.9 Å². The fourth-order valence-electron chi connectivity index (χ4n) is 5.46. The molecule has 1 aliphatic carbocycles. The monoisotopic (exact) mass is 523 g/mol. The first kappa shape index (κ1) is 25.7. The fraction of sp³-hybridized carbons (Fsp3) is 0.407. The van der Waals surface area contributed by atoms with Crippen molar-refractivity contribution in [2.45, 2.75) is 43.9 Å². The predicted molar refractivity (Wildman–Crippen MR) is 136 cm³/mol. The highest BCUT2D eigenvalue weighted by Gasteiger charge is 2.58. The lowest BCUT2D eigenvalue weighted by Crippen LogP contribution is -2.52. The molecule has 2 heterocycles. The summed E-state index contributed by atoms with van der Waals surface area (Å²) in [5, 5.41) is 8.46. The number of anilines is 1. The van der Waals surface area contributed by atoms with Crippen LogP contribution in [0.1, 0.15) is 36.0 Å². The Labute approximate surface area is 219 Å². The minimum atomic E-state index is -1.48. The highest BCUT2D eigenvalue weighted by Crippen LogP contribution is 2.46. The van der Waals surface area contributed by atoms with Gasteiger partial charge in [-0.05, 0) is 61.2 Å². The Hall–Kier alpha value is -3.99. The molecule has 2 atom stereocenters. The van der Waals surface area contributed by atoms with Crippen molar-refractivity contribution in [1.29, 1.82) is 0 Å². The molecule has 3 aliphatic rings. The van der Waals surface area contributed by atoms with Crippen molar-refractivity contribution in [1.82, 2.24) is 20.4 Å². The largest absolute Gasteiger partial charge is 0.427 e. The van der Waals surface area contributed by atoms with Crippen LogP contribution in [-0.2, 0) is 32.9 Å². The van der Waals surface area contributed by atoms with Crippen molar-refractivity contribution in [3.63, 3.8) is 0 Å². The second kappa shape index (κ2) is 10.4. The van der Waals surface area contributed by atoms with Crippen molar-refractivity contribution in [3.8, 4) is 0 Å². The molecular formula is C27H30FN5O5. The standard InChI is InChI=1S/C27H30FN5O5/c1-29-25(36)31-20-8-9-22-18(13-20)10-11-27(22)24(35)33(26(37)38-27)16-23(34)32(21-3-2-12-30-14-21)15-17-4-6-19(28)7-5-17/h4-9,13,21,30H,2-3,10-12,14-16H2,1H3,(H2,29,31,36)/t21-,27+/m0/s1. The molecule has 1 spiro atoms. The van der Waals surface area contributed by atoms with Crippen LogP contribution in [0.25, 0.3) is 0 Å². The smallest absolute Gasteiger partial charge is 0.418 e. The van der Waals surface area contributed by atoms with E-state index < -0.39 is 24.1 Å². The minimum Gasteiger partial charge on any atom is -0.427 e. The van der Waals surface area contributed by atoms with Gasteiger partial charge in [-0.1, -0.05) is 18.2 Å². The number of imide groups is 1. The lowest BCUT2D eigenvalue weighted by Gasteiger charge is -2.35. The van der Waals surface area contributed by atoms with Crippen LogP contribution in [0.15, 0.2) is 42.5 Å². The summed E-state index contributed by atoms with van der Waals surface area (Å²) in [6, 6.07) is 10.5. The van der Waals surface area contributed by atoms with Crippen LogP contribution in [0, 0.1) is 5.82 Å². The topological polar surface area (TPSA) is 120 Å². The quantitative estimate of drug-likeness (QED) is 0.535. The molecule has 0 aromatic heterocycles. The summed E-state index contributed by atoms with van der Waals surface area (Å²) >= 11 is 0. The van der Waals surface area contributed by atoms with Crippen LogP contribution < -0.4 is 16.0 Å². The maximum atomic E-state index is 13.6. The van der Waals surface area contributed by atoms with Gasteiger partial charge in [-0.25, -0.2) is 18.9 Å². The molecular weight excluding hydrogens is 493 g/mol. The van der Waals surface area contributed by atoms with Crippen LogP contribution in [-0.4, -0.2) is 66.5 Å². The molecule has 0 unspecified atom stereocenters. The van der Waals surface area contributed by atoms with Gasteiger partial charge in [-0.3, -0.25) is 9.59 Å². The van der Waals surface area contributed by atoms with E-state index in [9.17, 15) is 23.6 Å². The summed E-state index contributed by atoms with van der Waals surface area (Å²) in [5.74, 6) is -1.31. The molecule has 2 aliphatic heterocycles. The zero-order valence-electron chi connectivity index (χ0n) is 21.1. The predicted octanol–water partition coefficient (Wildman–Crippen LogP) is 2.48. The minimum absolute atomic E-state index is 0.123. The number of carbonyl (C=O) groups excluding carboxylic acids is 4. The van der Waals surface area contributed by atoms with Crippen molar-refractivity contribution in [2.24, 2.45) is 0 Å². The number of urea groups is 1. The average Bonchev–Trinajstić information content (AvgIpc) is 3.40. The molecule has 2 aromatic carbocycles. The average molecular weight is 524 g/mol. The summed E-state index contributed by atoms with van der Waals surface area (Å²) in [5.41, 5.74) is 1.18. The number of benzene rings is 2. The maximum Gasteiger partial charge on any atom is 0.418 e. The number of aryl methyl sites for hydroxylation is 1. The molecule has 0 saturated carbocycles. The summed E-state index contributed by atoms with van der Waals surface area (Å²) in [4.78, 5) is 54.3. The fourth-order valence-corrected chi connectivity index (χ4v) is 5.46. The molecule has 0 bridgehead atoms. The Morgan fingerprint density at radius 2 is 2.00 bits per heavy atom. The van der Waals surface area contributed by atoms with Crippen LogP contribution >= 0.6 is 0 Å². The van der Waals surface area contributed by atoms with E-state index in [1.807, 2.05) is 0 Å². The SMILES string of the molecule is CNC(=O)Nc1ccc2c(c1)CC[C@@]21OC(=O)N(CC(=O)N(Cc2ccc(F)cc2)[C@H]2CCCNC2)C1=O. The summed E-state index contributed by atoms with van der Waals surface area (Å²) in [6.07, 6.45) is 1.55. The summed E-state index contributed by atoms with van der Waals surface area (Å²) in [6.45, 7) is 1.24. The number of ether oxygens (including phenoxy) is 1. The Bertz CT molecular complexity index is 1260. The first-order chi connectivity index (χ1) is 18.3. The molecule has 3 N–H and O–H groups in total. The first-order valence-corrected chi connectivity index (χ1v) is 12.7. The normalized spacial score (nSPS) is 22.3. The third kappa shape index (κ3) is 4.81. The number of nitrogens with one attached hydrogen (secondary N) is 3. The molecule has 5 rings (SSSR count).